The van der Waals surface area contributed by atoms with Gasteiger partial charge in [0, 0.05) is 29.5 Å². The van der Waals surface area contributed by atoms with E-state index in [0.717, 1.165) is 48.7 Å². The first-order valence-corrected chi connectivity index (χ1v) is 9.48. The SMILES string of the molecule is Cc1cc(N2CCOCC2)ccc1/C=C(/C#N)C(=O)Nc1cc(Cl)ccc1C. The Morgan fingerprint density at radius 3 is 2.61 bits per heavy atom. The van der Waals surface area contributed by atoms with Gasteiger partial charge in [0.05, 0.1) is 13.2 Å². The Kier molecular flexibility index (Phi) is 6.35. The van der Waals surface area contributed by atoms with Crippen LogP contribution in [0.2, 0.25) is 5.02 Å². The first-order chi connectivity index (χ1) is 13.5. The van der Waals surface area contributed by atoms with Crippen LogP contribution in [0.4, 0.5) is 11.4 Å². The van der Waals surface area contributed by atoms with Gasteiger partial charge in [-0.25, -0.2) is 0 Å². The molecule has 1 fully saturated rings. The molecule has 1 heterocycles. The molecule has 2 aromatic rings. The van der Waals surface area contributed by atoms with Gasteiger partial charge in [0.1, 0.15) is 11.6 Å². The Hall–Kier alpha value is -2.81. The number of benzene rings is 2. The highest BCUT2D eigenvalue weighted by atomic mass is 35.5. The molecule has 0 bridgehead atoms. The van der Waals surface area contributed by atoms with Crippen molar-refractivity contribution in [1.82, 2.24) is 0 Å². The Bertz CT molecular complexity index is 957. The second-order valence-corrected chi connectivity index (χ2v) is 7.16. The number of halogens is 1. The van der Waals surface area contributed by atoms with E-state index in [0.29, 0.717) is 10.7 Å². The summed E-state index contributed by atoms with van der Waals surface area (Å²) in [5, 5.41) is 12.8. The first-order valence-electron chi connectivity index (χ1n) is 9.10. The highest BCUT2D eigenvalue weighted by Crippen LogP contribution is 2.23. The maximum Gasteiger partial charge on any atom is 0.266 e. The monoisotopic (exact) mass is 395 g/mol. The van der Waals surface area contributed by atoms with Crippen LogP contribution in [0.15, 0.2) is 42.0 Å². The van der Waals surface area contributed by atoms with Gasteiger partial charge >= 0.3 is 0 Å². The predicted molar refractivity (Wildman–Crippen MR) is 113 cm³/mol. The number of nitriles is 1. The van der Waals surface area contributed by atoms with E-state index >= 15 is 0 Å². The molecule has 1 aliphatic rings. The zero-order valence-corrected chi connectivity index (χ0v) is 16.7. The van der Waals surface area contributed by atoms with Crippen LogP contribution < -0.4 is 10.2 Å². The van der Waals surface area contributed by atoms with Crippen LogP contribution in [0.1, 0.15) is 16.7 Å². The molecule has 6 heteroatoms. The summed E-state index contributed by atoms with van der Waals surface area (Å²) in [6.45, 7) is 7.02. The molecule has 1 amide bonds. The summed E-state index contributed by atoms with van der Waals surface area (Å²) < 4.78 is 5.39. The third-order valence-corrected chi connectivity index (χ3v) is 4.98. The molecule has 5 nitrogen and oxygen atoms in total. The number of anilines is 2. The number of hydrogen-bond donors (Lipinski definition) is 1. The Morgan fingerprint density at radius 2 is 1.93 bits per heavy atom. The molecule has 0 aromatic heterocycles. The van der Waals surface area contributed by atoms with Crippen LogP contribution in [-0.4, -0.2) is 32.2 Å². The average molecular weight is 396 g/mol. The lowest BCUT2D eigenvalue weighted by Gasteiger charge is -2.29. The van der Waals surface area contributed by atoms with Crippen LogP contribution in [-0.2, 0) is 9.53 Å². The summed E-state index contributed by atoms with van der Waals surface area (Å²) in [6.07, 6.45) is 1.62. The van der Waals surface area contributed by atoms with Gasteiger partial charge in [0.25, 0.3) is 5.91 Å². The molecular weight excluding hydrogens is 374 g/mol. The lowest BCUT2D eigenvalue weighted by Crippen LogP contribution is -2.36. The summed E-state index contributed by atoms with van der Waals surface area (Å²) in [7, 11) is 0. The Labute approximate surface area is 170 Å². The van der Waals surface area contributed by atoms with E-state index in [1.165, 1.54) is 0 Å². The molecule has 1 N–H and O–H groups in total. The lowest BCUT2D eigenvalue weighted by atomic mass is 10.0. The summed E-state index contributed by atoms with van der Waals surface area (Å²) in [6, 6.07) is 13.3. The summed E-state index contributed by atoms with van der Waals surface area (Å²) in [4.78, 5) is 14.8. The fourth-order valence-corrected chi connectivity index (χ4v) is 3.23. The van der Waals surface area contributed by atoms with Crippen molar-refractivity contribution >= 4 is 35.0 Å². The molecule has 2 aromatic carbocycles. The van der Waals surface area contributed by atoms with Gasteiger partial charge in [-0.15, -0.1) is 0 Å². The standard InChI is InChI=1S/C22H22ClN3O2/c1-15-3-5-19(23)13-21(15)25-22(27)18(14-24)12-17-4-6-20(11-16(17)2)26-7-9-28-10-8-26/h3-6,11-13H,7-10H2,1-2H3,(H,25,27)/b18-12-. The molecule has 3 rings (SSSR count). The lowest BCUT2D eigenvalue weighted by molar-refractivity contribution is -0.112. The first kappa shape index (κ1) is 19.9. The van der Waals surface area contributed by atoms with Gasteiger partial charge in [-0.3, -0.25) is 4.79 Å². The van der Waals surface area contributed by atoms with Crippen molar-refractivity contribution in [2.45, 2.75) is 13.8 Å². The molecule has 0 radical (unpaired) electrons. The molecule has 144 valence electrons. The highest BCUT2D eigenvalue weighted by Gasteiger charge is 2.14. The van der Waals surface area contributed by atoms with Crippen LogP contribution in [0.3, 0.4) is 0 Å². The van der Waals surface area contributed by atoms with E-state index in [1.807, 2.05) is 38.1 Å². The maximum atomic E-state index is 12.6. The van der Waals surface area contributed by atoms with E-state index < -0.39 is 5.91 Å². The number of nitrogens with one attached hydrogen (secondary N) is 1. The topological polar surface area (TPSA) is 65.4 Å². The Morgan fingerprint density at radius 1 is 1.18 bits per heavy atom. The highest BCUT2D eigenvalue weighted by molar-refractivity contribution is 6.31. The normalized spacial score (nSPS) is 14.5. The van der Waals surface area contributed by atoms with Crippen LogP contribution in [0.5, 0.6) is 0 Å². The Balaban J connectivity index is 1.80. The van der Waals surface area contributed by atoms with E-state index in [1.54, 1.807) is 18.2 Å². The van der Waals surface area contributed by atoms with Gasteiger partial charge in [0.15, 0.2) is 0 Å². The molecule has 0 spiro atoms. The van der Waals surface area contributed by atoms with Crippen molar-refractivity contribution in [2.75, 3.05) is 36.5 Å². The van der Waals surface area contributed by atoms with Crippen molar-refractivity contribution < 1.29 is 9.53 Å². The van der Waals surface area contributed by atoms with Gasteiger partial charge < -0.3 is 15.0 Å². The minimum absolute atomic E-state index is 0.0431. The van der Waals surface area contributed by atoms with Crippen molar-refractivity contribution in [3.8, 4) is 6.07 Å². The fourth-order valence-electron chi connectivity index (χ4n) is 3.06. The minimum atomic E-state index is -0.454. The quantitative estimate of drug-likeness (QED) is 0.617. The van der Waals surface area contributed by atoms with Gasteiger partial charge in [-0.2, -0.15) is 5.26 Å². The minimum Gasteiger partial charge on any atom is -0.378 e. The third-order valence-electron chi connectivity index (χ3n) is 4.74. The summed E-state index contributed by atoms with van der Waals surface area (Å²) in [5.41, 5.74) is 4.48. The summed E-state index contributed by atoms with van der Waals surface area (Å²) in [5.74, 6) is -0.454. The van der Waals surface area contributed by atoms with Crippen molar-refractivity contribution in [1.29, 1.82) is 5.26 Å². The zero-order chi connectivity index (χ0) is 20.1. The second kappa shape index (κ2) is 8.92. The smallest absolute Gasteiger partial charge is 0.266 e. The largest absolute Gasteiger partial charge is 0.378 e. The van der Waals surface area contributed by atoms with Crippen molar-refractivity contribution in [3.05, 3.63) is 63.7 Å². The van der Waals surface area contributed by atoms with E-state index in [4.69, 9.17) is 16.3 Å². The van der Waals surface area contributed by atoms with Crippen LogP contribution >= 0.6 is 11.6 Å². The van der Waals surface area contributed by atoms with Gasteiger partial charge in [-0.05, 0) is 60.9 Å². The van der Waals surface area contributed by atoms with Crippen molar-refractivity contribution in [2.24, 2.45) is 0 Å². The number of nitrogens with zero attached hydrogens (tertiary/aromatic N) is 2. The van der Waals surface area contributed by atoms with E-state index in [9.17, 15) is 10.1 Å². The van der Waals surface area contributed by atoms with Gasteiger partial charge in [0.2, 0.25) is 0 Å². The summed E-state index contributed by atoms with van der Waals surface area (Å²) >= 11 is 6.00. The number of ether oxygens (including phenoxy) is 1. The number of morpholine rings is 1. The maximum absolute atomic E-state index is 12.6. The predicted octanol–water partition coefficient (Wildman–Crippen LogP) is 4.34. The molecule has 0 unspecified atom stereocenters. The van der Waals surface area contributed by atoms with E-state index in [-0.39, 0.29) is 5.57 Å². The molecule has 0 saturated carbocycles. The fraction of sp³-hybridized carbons (Fsp3) is 0.273. The number of amides is 1. The number of carbonyl (C=O) groups excluding carboxylic acids is 1. The third kappa shape index (κ3) is 4.72. The zero-order valence-electron chi connectivity index (χ0n) is 16.0. The number of rotatable bonds is 4. The molecule has 1 saturated heterocycles. The molecule has 0 aliphatic carbocycles. The average Bonchev–Trinajstić information content (AvgIpc) is 2.70. The number of hydrogen-bond acceptors (Lipinski definition) is 4. The van der Waals surface area contributed by atoms with Crippen molar-refractivity contribution in [3.63, 3.8) is 0 Å². The number of aryl methyl sites for hydroxylation is 2. The molecule has 0 atom stereocenters. The molecular formula is C22H22ClN3O2. The van der Waals surface area contributed by atoms with Crippen LogP contribution in [0.25, 0.3) is 6.08 Å². The molecule has 28 heavy (non-hydrogen) atoms. The molecule has 1 aliphatic heterocycles. The van der Waals surface area contributed by atoms with Gasteiger partial charge in [-0.1, -0.05) is 23.7 Å². The van der Waals surface area contributed by atoms with Crippen LogP contribution in [0, 0.1) is 25.2 Å². The van der Waals surface area contributed by atoms with E-state index in [2.05, 4.69) is 16.3 Å². The second-order valence-electron chi connectivity index (χ2n) is 6.72. The number of carbonyl (C=O) groups is 1.